The fourth-order valence-corrected chi connectivity index (χ4v) is 2.32. The van der Waals surface area contributed by atoms with Gasteiger partial charge in [-0.1, -0.05) is 24.3 Å². The minimum absolute atomic E-state index is 0.155. The zero-order valence-electron chi connectivity index (χ0n) is 10.9. The standard InChI is InChI=1S/C16H10FNO3/c17-14-7-10(9-19)5-6-11(14)8-18-15(20)12-3-1-2-4-13(12)16(18)21/h1-7,9H,8H2. The van der Waals surface area contributed by atoms with Gasteiger partial charge in [-0.2, -0.15) is 0 Å². The molecule has 2 aromatic rings. The number of carbonyl (C=O) groups is 3. The lowest BCUT2D eigenvalue weighted by atomic mass is 10.1. The van der Waals surface area contributed by atoms with E-state index in [4.69, 9.17) is 0 Å². The molecular formula is C16H10FNO3. The summed E-state index contributed by atoms with van der Waals surface area (Å²) in [6.07, 6.45) is 0.537. The molecule has 2 aromatic carbocycles. The molecule has 0 atom stereocenters. The lowest BCUT2D eigenvalue weighted by Crippen LogP contribution is -2.29. The summed E-state index contributed by atoms with van der Waals surface area (Å²) in [5, 5.41) is 0. The van der Waals surface area contributed by atoms with Crippen LogP contribution in [0.5, 0.6) is 0 Å². The van der Waals surface area contributed by atoms with Gasteiger partial charge in [0.1, 0.15) is 12.1 Å². The molecule has 1 aliphatic rings. The van der Waals surface area contributed by atoms with Crippen molar-refractivity contribution >= 4 is 18.1 Å². The first-order chi connectivity index (χ1) is 10.1. The van der Waals surface area contributed by atoms with Gasteiger partial charge in [0, 0.05) is 11.1 Å². The van der Waals surface area contributed by atoms with Crippen molar-refractivity contribution in [2.24, 2.45) is 0 Å². The monoisotopic (exact) mass is 283 g/mol. The molecule has 0 N–H and O–H groups in total. The molecule has 2 amide bonds. The summed E-state index contributed by atoms with van der Waals surface area (Å²) in [7, 11) is 0. The summed E-state index contributed by atoms with van der Waals surface area (Å²) in [5.41, 5.74) is 1.05. The summed E-state index contributed by atoms with van der Waals surface area (Å²) in [6, 6.07) is 10.4. The molecule has 0 fully saturated rings. The van der Waals surface area contributed by atoms with Gasteiger partial charge in [-0.05, 0) is 18.2 Å². The van der Waals surface area contributed by atoms with Crippen LogP contribution in [-0.4, -0.2) is 23.0 Å². The highest BCUT2D eigenvalue weighted by Crippen LogP contribution is 2.25. The van der Waals surface area contributed by atoms with Crippen LogP contribution in [-0.2, 0) is 6.54 Å². The van der Waals surface area contributed by atoms with Crippen molar-refractivity contribution < 1.29 is 18.8 Å². The number of fused-ring (bicyclic) bond motifs is 1. The maximum absolute atomic E-state index is 13.9. The minimum Gasteiger partial charge on any atom is -0.298 e. The topological polar surface area (TPSA) is 54.5 Å². The Bertz CT molecular complexity index is 735. The van der Waals surface area contributed by atoms with Gasteiger partial charge in [-0.15, -0.1) is 0 Å². The second kappa shape index (κ2) is 4.94. The third-order valence-electron chi connectivity index (χ3n) is 3.42. The minimum atomic E-state index is -0.615. The molecule has 104 valence electrons. The molecule has 0 saturated carbocycles. The molecule has 3 rings (SSSR count). The zero-order chi connectivity index (χ0) is 15.0. The number of halogens is 1. The molecule has 0 bridgehead atoms. The number of nitrogens with zero attached hydrogens (tertiary/aromatic N) is 1. The van der Waals surface area contributed by atoms with E-state index >= 15 is 0 Å². The first-order valence-electron chi connectivity index (χ1n) is 6.30. The van der Waals surface area contributed by atoms with E-state index in [1.54, 1.807) is 24.3 Å². The maximum Gasteiger partial charge on any atom is 0.261 e. The number of hydrogen-bond acceptors (Lipinski definition) is 3. The van der Waals surface area contributed by atoms with Crippen LogP contribution in [0, 0.1) is 5.82 Å². The highest BCUT2D eigenvalue weighted by Gasteiger charge is 2.35. The van der Waals surface area contributed by atoms with Gasteiger partial charge in [-0.25, -0.2) is 4.39 Å². The van der Waals surface area contributed by atoms with Crippen molar-refractivity contribution in [2.45, 2.75) is 6.54 Å². The number of imide groups is 1. The largest absolute Gasteiger partial charge is 0.298 e. The Morgan fingerprint density at radius 3 is 2.14 bits per heavy atom. The molecule has 21 heavy (non-hydrogen) atoms. The van der Waals surface area contributed by atoms with Crippen molar-refractivity contribution in [3.05, 3.63) is 70.5 Å². The van der Waals surface area contributed by atoms with Crippen LogP contribution in [0.25, 0.3) is 0 Å². The van der Waals surface area contributed by atoms with Crippen molar-refractivity contribution in [3.63, 3.8) is 0 Å². The molecule has 4 nitrogen and oxygen atoms in total. The van der Waals surface area contributed by atoms with Gasteiger partial charge in [-0.3, -0.25) is 19.3 Å². The molecule has 0 aliphatic carbocycles. The van der Waals surface area contributed by atoms with E-state index in [-0.39, 0.29) is 17.7 Å². The molecule has 5 heteroatoms. The van der Waals surface area contributed by atoms with E-state index in [9.17, 15) is 18.8 Å². The lowest BCUT2D eigenvalue weighted by molar-refractivity contribution is 0.0640. The molecule has 0 spiro atoms. The number of hydrogen-bond donors (Lipinski definition) is 0. The fourth-order valence-electron chi connectivity index (χ4n) is 2.32. The molecular weight excluding hydrogens is 273 g/mol. The van der Waals surface area contributed by atoms with Gasteiger partial charge in [0.15, 0.2) is 0 Å². The van der Waals surface area contributed by atoms with Crippen molar-refractivity contribution in [1.82, 2.24) is 4.90 Å². The highest BCUT2D eigenvalue weighted by atomic mass is 19.1. The molecule has 0 saturated heterocycles. The van der Waals surface area contributed by atoms with Crippen LogP contribution in [0.2, 0.25) is 0 Å². The first kappa shape index (κ1) is 13.2. The summed E-state index contributed by atoms with van der Waals surface area (Å²) in [6.45, 7) is -0.155. The Hall–Kier alpha value is -2.82. The fraction of sp³-hybridized carbons (Fsp3) is 0.0625. The Labute approximate surface area is 119 Å². The third kappa shape index (κ3) is 2.12. The highest BCUT2D eigenvalue weighted by molar-refractivity contribution is 6.21. The second-order valence-electron chi connectivity index (χ2n) is 4.71. The van der Waals surface area contributed by atoms with Gasteiger partial charge >= 0.3 is 0 Å². The van der Waals surface area contributed by atoms with Gasteiger partial charge in [0.05, 0.1) is 17.7 Å². The maximum atomic E-state index is 13.9. The van der Waals surface area contributed by atoms with E-state index in [1.165, 1.54) is 12.1 Å². The average Bonchev–Trinajstić information content (AvgIpc) is 2.74. The Morgan fingerprint density at radius 1 is 1.00 bits per heavy atom. The lowest BCUT2D eigenvalue weighted by Gasteiger charge is -2.14. The Balaban J connectivity index is 1.92. The van der Waals surface area contributed by atoms with Crippen LogP contribution in [0.15, 0.2) is 42.5 Å². The zero-order valence-corrected chi connectivity index (χ0v) is 10.9. The molecule has 1 aliphatic heterocycles. The second-order valence-corrected chi connectivity index (χ2v) is 4.71. The quantitative estimate of drug-likeness (QED) is 0.642. The number of carbonyl (C=O) groups excluding carboxylic acids is 3. The average molecular weight is 283 g/mol. The number of amides is 2. The number of aldehydes is 1. The predicted octanol–water partition coefficient (Wildman–Crippen LogP) is 2.43. The predicted molar refractivity (Wildman–Crippen MR) is 72.4 cm³/mol. The summed E-state index contributed by atoms with van der Waals surface area (Å²) >= 11 is 0. The van der Waals surface area contributed by atoms with Crippen LogP contribution >= 0.6 is 0 Å². The summed E-state index contributed by atoms with van der Waals surface area (Å²) in [4.78, 5) is 35.9. The van der Waals surface area contributed by atoms with Gasteiger partial charge < -0.3 is 0 Å². The van der Waals surface area contributed by atoms with Crippen LogP contribution < -0.4 is 0 Å². The molecule has 0 unspecified atom stereocenters. The van der Waals surface area contributed by atoms with Crippen molar-refractivity contribution in [1.29, 1.82) is 0 Å². The smallest absolute Gasteiger partial charge is 0.261 e. The van der Waals surface area contributed by atoms with E-state index in [1.807, 2.05) is 0 Å². The third-order valence-corrected chi connectivity index (χ3v) is 3.42. The molecule has 0 radical (unpaired) electrons. The van der Waals surface area contributed by atoms with Gasteiger partial charge in [0.2, 0.25) is 0 Å². The van der Waals surface area contributed by atoms with E-state index in [0.29, 0.717) is 17.4 Å². The molecule has 0 aromatic heterocycles. The van der Waals surface area contributed by atoms with E-state index in [0.717, 1.165) is 11.0 Å². The normalized spacial score (nSPS) is 13.5. The van der Waals surface area contributed by atoms with E-state index in [2.05, 4.69) is 0 Å². The Kier molecular flexibility index (Phi) is 3.10. The van der Waals surface area contributed by atoms with Crippen molar-refractivity contribution in [2.75, 3.05) is 0 Å². The van der Waals surface area contributed by atoms with Crippen molar-refractivity contribution in [3.8, 4) is 0 Å². The molecule has 1 heterocycles. The summed E-state index contributed by atoms with van der Waals surface area (Å²) < 4.78 is 13.9. The summed E-state index contributed by atoms with van der Waals surface area (Å²) in [5.74, 6) is -1.49. The number of benzene rings is 2. The number of rotatable bonds is 3. The van der Waals surface area contributed by atoms with E-state index < -0.39 is 17.6 Å². The first-order valence-corrected chi connectivity index (χ1v) is 6.30. The van der Waals surface area contributed by atoms with Crippen LogP contribution in [0.4, 0.5) is 4.39 Å². The van der Waals surface area contributed by atoms with Crippen LogP contribution in [0.3, 0.4) is 0 Å². The van der Waals surface area contributed by atoms with Crippen LogP contribution in [0.1, 0.15) is 36.6 Å². The van der Waals surface area contributed by atoms with Gasteiger partial charge in [0.25, 0.3) is 11.8 Å². The SMILES string of the molecule is O=Cc1ccc(CN2C(=O)c3ccccc3C2=O)c(F)c1. The Morgan fingerprint density at radius 2 is 1.62 bits per heavy atom.